The van der Waals surface area contributed by atoms with E-state index < -0.39 is 0 Å². The second-order valence-corrected chi connectivity index (χ2v) is 6.07. The quantitative estimate of drug-likeness (QED) is 0.857. The van der Waals surface area contributed by atoms with Gasteiger partial charge in [-0.2, -0.15) is 9.50 Å². The molecule has 110 valence electrons. The number of hydrogen-bond acceptors (Lipinski definition) is 4. The molecule has 0 amide bonds. The summed E-state index contributed by atoms with van der Waals surface area (Å²) < 4.78 is 7.36. The molecular formula is C15H24N4O. The first-order valence-corrected chi connectivity index (χ1v) is 7.21. The second-order valence-electron chi connectivity index (χ2n) is 6.07. The molecule has 0 unspecified atom stereocenters. The number of nitrogens with zero attached hydrogens (tertiary/aromatic N) is 4. The van der Waals surface area contributed by atoms with Crippen molar-refractivity contribution in [3.63, 3.8) is 0 Å². The third-order valence-electron chi connectivity index (χ3n) is 3.36. The van der Waals surface area contributed by atoms with Crippen LogP contribution in [0.15, 0.2) is 0 Å². The molecule has 2 heterocycles. The Labute approximate surface area is 120 Å². The predicted molar refractivity (Wildman–Crippen MR) is 79.6 cm³/mol. The fourth-order valence-corrected chi connectivity index (χ4v) is 2.34. The van der Waals surface area contributed by atoms with Crippen molar-refractivity contribution < 1.29 is 4.74 Å². The molecule has 0 N–H and O–H groups in total. The fraction of sp³-hybridized carbons (Fsp3) is 0.667. The van der Waals surface area contributed by atoms with Crippen LogP contribution in [0.2, 0.25) is 0 Å². The smallest absolute Gasteiger partial charge is 0.255 e. The van der Waals surface area contributed by atoms with Gasteiger partial charge in [0, 0.05) is 11.5 Å². The standard InChI is InChI=1S/C15H24N4O/c1-8(2)11-12(9(3)4)16-15-17-13(10(5)6)18-19(15)14(11)20-7/h8-10H,1-7H3. The SMILES string of the molecule is COc1c(C(C)C)c(C(C)C)nc2nc(C(C)C)nn12. The first-order chi connectivity index (χ1) is 9.36. The Morgan fingerprint density at radius 1 is 0.900 bits per heavy atom. The van der Waals surface area contributed by atoms with Gasteiger partial charge in [0.05, 0.1) is 12.8 Å². The minimum absolute atomic E-state index is 0.270. The Hall–Kier alpha value is -1.65. The maximum absolute atomic E-state index is 5.62. The van der Waals surface area contributed by atoms with Gasteiger partial charge in [0.2, 0.25) is 5.88 Å². The highest BCUT2D eigenvalue weighted by molar-refractivity contribution is 5.44. The third kappa shape index (κ3) is 2.37. The normalized spacial score (nSPS) is 12.1. The third-order valence-corrected chi connectivity index (χ3v) is 3.36. The molecule has 0 aliphatic rings. The summed E-state index contributed by atoms with van der Waals surface area (Å²) in [7, 11) is 1.68. The predicted octanol–water partition coefficient (Wildman–Crippen LogP) is 3.50. The number of aromatic nitrogens is 4. The molecular weight excluding hydrogens is 252 g/mol. The van der Waals surface area contributed by atoms with Crippen LogP contribution in [0.1, 0.15) is 76.4 Å². The van der Waals surface area contributed by atoms with Crippen LogP contribution in [0.25, 0.3) is 5.78 Å². The van der Waals surface area contributed by atoms with Crippen LogP contribution in [0.4, 0.5) is 0 Å². The van der Waals surface area contributed by atoms with E-state index in [2.05, 4.69) is 51.6 Å². The lowest BCUT2D eigenvalue weighted by atomic mass is 9.96. The van der Waals surface area contributed by atoms with Gasteiger partial charge < -0.3 is 4.74 Å². The van der Waals surface area contributed by atoms with Crippen molar-refractivity contribution in [3.05, 3.63) is 17.1 Å². The van der Waals surface area contributed by atoms with Gasteiger partial charge in [-0.05, 0) is 11.8 Å². The molecule has 2 rings (SSSR count). The summed E-state index contributed by atoms with van der Waals surface area (Å²) in [6.45, 7) is 12.7. The van der Waals surface area contributed by atoms with E-state index >= 15 is 0 Å². The zero-order valence-electron chi connectivity index (χ0n) is 13.4. The average Bonchev–Trinajstić information content (AvgIpc) is 2.79. The van der Waals surface area contributed by atoms with Gasteiger partial charge in [0.1, 0.15) is 0 Å². The lowest BCUT2D eigenvalue weighted by Gasteiger charge is -2.18. The average molecular weight is 276 g/mol. The number of ether oxygens (including phenoxy) is 1. The van der Waals surface area contributed by atoms with Crippen molar-refractivity contribution in [2.75, 3.05) is 7.11 Å². The van der Waals surface area contributed by atoms with E-state index in [1.807, 2.05) is 0 Å². The first-order valence-electron chi connectivity index (χ1n) is 7.21. The van der Waals surface area contributed by atoms with E-state index in [4.69, 9.17) is 9.72 Å². The van der Waals surface area contributed by atoms with Crippen LogP contribution < -0.4 is 4.74 Å². The molecule has 2 aromatic rings. The van der Waals surface area contributed by atoms with E-state index in [-0.39, 0.29) is 5.92 Å². The molecule has 0 bridgehead atoms. The van der Waals surface area contributed by atoms with Crippen LogP contribution in [-0.4, -0.2) is 26.7 Å². The molecule has 5 nitrogen and oxygen atoms in total. The van der Waals surface area contributed by atoms with Crippen LogP contribution in [-0.2, 0) is 0 Å². The van der Waals surface area contributed by atoms with Gasteiger partial charge >= 0.3 is 0 Å². The van der Waals surface area contributed by atoms with Crippen molar-refractivity contribution >= 4 is 5.78 Å². The van der Waals surface area contributed by atoms with E-state index in [0.717, 1.165) is 23.0 Å². The number of hydrogen-bond donors (Lipinski definition) is 0. The maximum atomic E-state index is 5.62. The summed E-state index contributed by atoms with van der Waals surface area (Å²) in [6, 6.07) is 0. The molecule has 20 heavy (non-hydrogen) atoms. The van der Waals surface area contributed by atoms with E-state index in [1.165, 1.54) is 0 Å². The van der Waals surface area contributed by atoms with Crippen LogP contribution in [0.5, 0.6) is 5.88 Å². The first kappa shape index (κ1) is 14.8. The second kappa shape index (κ2) is 5.38. The van der Waals surface area contributed by atoms with Crippen molar-refractivity contribution in [3.8, 4) is 5.88 Å². The Balaban J connectivity index is 2.82. The van der Waals surface area contributed by atoms with Gasteiger partial charge in [-0.1, -0.05) is 41.5 Å². The topological polar surface area (TPSA) is 52.3 Å². The highest BCUT2D eigenvalue weighted by Crippen LogP contribution is 2.33. The van der Waals surface area contributed by atoms with E-state index in [9.17, 15) is 0 Å². The molecule has 0 aromatic carbocycles. The maximum Gasteiger partial charge on any atom is 0.255 e. The highest BCUT2D eigenvalue weighted by Gasteiger charge is 2.23. The Bertz CT molecular complexity index is 614. The molecule has 0 fully saturated rings. The van der Waals surface area contributed by atoms with Gasteiger partial charge in [-0.3, -0.25) is 0 Å². The molecule has 0 spiro atoms. The zero-order chi connectivity index (χ0) is 15.0. The monoisotopic (exact) mass is 276 g/mol. The van der Waals surface area contributed by atoms with Gasteiger partial charge in [-0.15, -0.1) is 5.10 Å². The van der Waals surface area contributed by atoms with E-state index in [1.54, 1.807) is 11.6 Å². The van der Waals surface area contributed by atoms with Crippen LogP contribution >= 0.6 is 0 Å². The van der Waals surface area contributed by atoms with Crippen molar-refractivity contribution in [1.29, 1.82) is 0 Å². The molecule has 0 saturated heterocycles. The number of methoxy groups -OCH3 is 1. The zero-order valence-corrected chi connectivity index (χ0v) is 13.4. The number of fused-ring (bicyclic) bond motifs is 1. The molecule has 0 atom stereocenters. The summed E-state index contributed by atoms with van der Waals surface area (Å²) in [6.07, 6.45) is 0. The summed E-state index contributed by atoms with van der Waals surface area (Å²) in [5, 5.41) is 4.54. The van der Waals surface area contributed by atoms with Gasteiger partial charge in [0.15, 0.2) is 5.82 Å². The summed E-state index contributed by atoms with van der Waals surface area (Å²) in [4.78, 5) is 9.24. The summed E-state index contributed by atoms with van der Waals surface area (Å²) in [5.41, 5.74) is 2.17. The largest absolute Gasteiger partial charge is 0.481 e. The lowest BCUT2D eigenvalue weighted by molar-refractivity contribution is 0.374. The Kier molecular flexibility index (Phi) is 3.97. The summed E-state index contributed by atoms with van der Waals surface area (Å²) in [5.74, 6) is 3.10. The molecule has 0 saturated carbocycles. The van der Waals surface area contributed by atoms with Crippen molar-refractivity contribution in [2.24, 2.45) is 0 Å². The lowest BCUT2D eigenvalue weighted by Crippen LogP contribution is -2.10. The van der Waals surface area contributed by atoms with Gasteiger partial charge in [0.25, 0.3) is 5.78 Å². The molecule has 2 aromatic heterocycles. The molecule has 0 aliphatic heterocycles. The fourth-order valence-electron chi connectivity index (χ4n) is 2.34. The van der Waals surface area contributed by atoms with Crippen LogP contribution in [0.3, 0.4) is 0 Å². The number of rotatable bonds is 4. The highest BCUT2D eigenvalue weighted by atomic mass is 16.5. The molecule has 0 aliphatic carbocycles. The van der Waals surface area contributed by atoms with Crippen LogP contribution in [0, 0.1) is 0 Å². The molecule has 5 heteroatoms. The van der Waals surface area contributed by atoms with Crippen molar-refractivity contribution in [1.82, 2.24) is 19.6 Å². The molecule has 0 radical (unpaired) electrons. The summed E-state index contributed by atoms with van der Waals surface area (Å²) >= 11 is 0. The van der Waals surface area contributed by atoms with Gasteiger partial charge in [-0.25, -0.2) is 4.98 Å². The Morgan fingerprint density at radius 2 is 1.55 bits per heavy atom. The minimum Gasteiger partial charge on any atom is -0.481 e. The minimum atomic E-state index is 0.270. The van der Waals surface area contributed by atoms with E-state index in [0.29, 0.717) is 17.6 Å². The van der Waals surface area contributed by atoms with Crippen molar-refractivity contribution in [2.45, 2.75) is 59.3 Å². The Morgan fingerprint density at radius 3 is 2.00 bits per heavy atom.